The van der Waals surface area contributed by atoms with E-state index < -0.39 is 0 Å². The van der Waals surface area contributed by atoms with Gasteiger partial charge >= 0.3 is 0 Å². The van der Waals surface area contributed by atoms with Gasteiger partial charge in [0.25, 0.3) is 0 Å². The number of benzene rings is 1. The van der Waals surface area contributed by atoms with Gasteiger partial charge in [-0.05, 0) is 29.8 Å². The normalized spacial score (nSPS) is 10.2. The van der Waals surface area contributed by atoms with Gasteiger partial charge in [-0.15, -0.1) is 0 Å². The molecule has 126 valence electrons. The number of pyridine rings is 2. The first kappa shape index (κ1) is 16.4. The Morgan fingerprint density at radius 3 is 2.52 bits per heavy atom. The number of anilines is 1. The number of hydrogen-bond acceptors (Lipinski definition) is 5. The number of rotatable bonds is 5. The van der Waals surface area contributed by atoms with E-state index in [-0.39, 0.29) is 5.91 Å². The van der Waals surface area contributed by atoms with Crippen LogP contribution in [0.1, 0.15) is 6.92 Å². The van der Waals surface area contributed by atoms with Crippen LogP contribution in [0.15, 0.2) is 61.1 Å². The van der Waals surface area contributed by atoms with E-state index in [0.29, 0.717) is 23.1 Å². The predicted molar refractivity (Wildman–Crippen MR) is 94.8 cm³/mol. The summed E-state index contributed by atoms with van der Waals surface area (Å²) in [7, 11) is 1.56. The second-order valence-electron chi connectivity index (χ2n) is 5.27. The van der Waals surface area contributed by atoms with Crippen LogP contribution in [0.5, 0.6) is 17.4 Å². The molecule has 0 saturated heterocycles. The Kier molecular flexibility index (Phi) is 4.89. The summed E-state index contributed by atoms with van der Waals surface area (Å²) in [5.74, 6) is 1.37. The van der Waals surface area contributed by atoms with Crippen LogP contribution in [-0.4, -0.2) is 23.0 Å². The molecule has 1 amide bonds. The Hall–Kier alpha value is -3.41. The van der Waals surface area contributed by atoms with Crippen LogP contribution in [0, 0.1) is 0 Å². The maximum atomic E-state index is 11.3. The maximum absolute atomic E-state index is 11.3. The van der Waals surface area contributed by atoms with E-state index in [4.69, 9.17) is 9.47 Å². The zero-order valence-corrected chi connectivity index (χ0v) is 13.9. The molecule has 3 aromatic rings. The zero-order valence-electron chi connectivity index (χ0n) is 13.9. The summed E-state index contributed by atoms with van der Waals surface area (Å²) >= 11 is 0. The fraction of sp³-hybridized carbons (Fsp3) is 0.105. The number of carbonyl (C=O) groups excluding carboxylic acids is 1. The molecule has 25 heavy (non-hydrogen) atoms. The van der Waals surface area contributed by atoms with Crippen molar-refractivity contribution in [2.24, 2.45) is 0 Å². The third-order valence-electron chi connectivity index (χ3n) is 3.41. The lowest BCUT2D eigenvalue weighted by atomic mass is 10.1. The van der Waals surface area contributed by atoms with Crippen LogP contribution in [0.3, 0.4) is 0 Å². The van der Waals surface area contributed by atoms with Crippen molar-refractivity contribution in [3.63, 3.8) is 0 Å². The molecule has 0 saturated carbocycles. The SMILES string of the molecule is COc1cc(NC(C)=O)cc(Oc2ncccc2-c2ccncc2)c1. The quantitative estimate of drug-likeness (QED) is 0.765. The summed E-state index contributed by atoms with van der Waals surface area (Å²) in [5, 5.41) is 2.72. The second kappa shape index (κ2) is 7.44. The minimum absolute atomic E-state index is 0.172. The second-order valence-corrected chi connectivity index (χ2v) is 5.27. The van der Waals surface area contributed by atoms with Crippen molar-refractivity contribution in [2.75, 3.05) is 12.4 Å². The van der Waals surface area contributed by atoms with Crippen LogP contribution in [0.2, 0.25) is 0 Å². The monoisotopic (exact) mass is 335 g/mol. The van der Waals surface area contributed by atoms with Gasteiger partial charge in [0, 0.05) is 55.0 Å². The summed E-state index contributed by atoms with van der Waals surface area (Å²) in [6.45, 7) is 1.44. The molecule has 3 rings (SSSR count). The number of nitrogens with zero attached hydrogens (tertiary/aromatic N) is 2. The molecular weight excluding hydrogens is 318 g/mol. The fourth-order valence-corrected chi connectivity index (χ4v) is 2.36. The van der Waals surface area contributed by atoms with Gasteiger partial charge in [0.2, 0.25) is 11.8 Å². The van der Waals surface area contributed by atoms with Crippen LogP contribution in [0.25, 0.3) is 11.1 Å². The highest BCUT2D eigenvalue weighted by atomic mass is 16.5. The number of aromatic nitrogens is 2. The van der Waals surface area contributed by atoms with Crippen molar-refractivity contribution in [3.05, 3.63) is 61.1 Å². The standard InChI is InChI=1S/C19H17N3O3/c1-13(23)22-15-10-16(24-2)12-17(11-15)25-19-18(4-3-7-21-19)14-5-8-20-9-6-14/h3-12H,1-2H3,(H,22,23). The van der Waals surface area contributed by atoms with E-state index in [1.54, 1.807) is 43.9 Å². The molecule has 0 aliphatic rings. The zero-order chi connectivity index (χ0) is 17.6. The molecule has 6 nitrogen and oxygen atoms in total. The molecule has 0 aliphatic heterocycles. The average molecular weight is 335 g/mol. The van der Waals surface area contributed by atoms with Crippen molar-refractivity contribution in [1.29, 1.82) is 0 Å². The lowest BCUT2D eigenvalue weighted by Gasteiger charge is -2.12. The Morgan fingerprint density at radius 1 is 1.04 bits per heavy atom. The fourth-order valence-electron chi connectivity index (χ4n) is 2.36. The Morgan fingerprint density at radius 2 is 1.80 bits per heavy atom. The van der Waals surface area contributed by atoms with Crippen molar-refractivity contribution >= 4 is 11.6 Å². The van der Waals surface area contributed by atoms with E-state index in [2.05, 4.69) is 15.3 Å². The molecule has 0 spiro atoms. The Bertz CT molecular complexity index is 882. The molecule has 0 aliphatic carbocycles. The van der Waals surface area contributed by atoms with E-state index in [9.17, 15) is 4.79 Å². The van der Waals surface area contributed by atoms with Gasteiger partial charge in [-0.2, -0.15) is 0 Å². The first-order chi connectivity index (χ1) is 12.2. The molecule has 2 aromatic heterocycles. The number of amides is 1. The summed E-state index contributed by atoms with van der Waals surface area (Å²) < 4.78 is 11.2. The number of hydrogen-bond donors (Lipinski definition) is 1. The van der Waals surface area contributed by atoms with Gasteiger partial charge in [-0.25, -0.2) is 4.98 Å². The van der Waals surface area contributed by atoms with Gasteiger partial charge < -0.3 is 14.8 Å². The van der Waals surface area contributed by atoms with Crippen molar-refractivity contribution < 1.29 is 14.3 Å². The van der Waals surface area contributed by atoms with Crippen molar-refractivity contribution in [2.45, 2.75) is 6.92 Å². The summed E-state index contributed by atoms with van der Waals surface area (Å²) in [6, 6.07) is 12.7. The largest absolute Gasteiger partial charge is 0.497 e. The van der Waals surface area contributed by atoms with Crippen LogP contribution < -0.4 is 14.8 Å². The Labute approximate surface area is 145 Å². The van der Waals surface area contributed by atoms with E-state index in [1.165, 1.54) is 6.92 Å². The first-order valence-corrected chi connectivity index (χ1v) is 7.65. The third kappa shape index (κ3) is 4.11. The maximum Gasteiger partial charge on any atom is 0.227 e. The van der Waals surface area contributed by atoms with E-state index in [1.807, 2.05) is 24.3 Å². The molecule has 0 bridgehead atoms. The van der Waals surface area contributed by atoms with Gasteiger partial charge in [-0.1, -0.05) is 0 Å². The third-order valence-corrected chi connectivity index (χ3v) is 3.41. The molecule has 1 aromatic carbocycles. The molecule has 0 radical (unpaired) electrons. The van der Waals surface area contributed by atoms with Crippen LogP contribution in [-0.2, 0) is 4.79 Å². The van der Waals surface area contributed by atoms with Crippen molar-refractivity contribution in [3.8, 4) is 28.5 Å². The molecule has 0 atom stereocenters. The molecule has 0 fully saturated rings. The minimum atomic E-state index is -0.172. The first-order valence-electron chi connectivity index (χ1n) is 7.65. The molecular formula is C19H17N3O3. The van der Waals surface area contributed by atoms with Gasteiger partial charge in [0.15, 0.2) is 0 Å². The highest BCUT2D eigenvalue weighted by molar-refractivity contribution is 5.89. The number of ether oxygens (including phenoxy) is 2. The van der Waals surface area contributed by atoms with Gasteiger partial charge in [-0.3, -0.25) is 9.78 Å². The highest BCUT2D eigenvalue weighted by Crippen LogP contribution is 2.34. The number of methoxy groups -OCH3 is 1. The minimum Gasteiger partial charge on any atom is -0.497 e. The molecule has 6 heteroatoms. The van der Waals surface area contributed by atoms with Gasteiger partial charge in [0.1, 0.15) is 11.5 Å². The summed E-state index contributed by atoms with van der Waals surface area (Å²) in [4.78, 5) is 19.7. The van der Waals surface area contributed by atoms with Gasteiger partial charge in [0.05, 0.1) is 7.11 Å². The lowest BCUT2D eigenvalue weighted by Crippen LogP contribution is -2.06. The number of nitrogens with one attached hydrogen (secondary N) is 1. The van der Waals surface area contributed by atoms with Crippen molar-refractivity contribution in [1.82, 2.24) is 9.97 Å². The number of carbonyl (C=O) groups is 1. The lowest BCUT2D eigenvalue weighted by molar-refractivity contribution is -0.114. The molecule has 1 N–H and O–H groups in total. The Balaban J connectivity index is 1.97. The van der Waals surface area contributed by atoms with Crippen LogP contribution in [0.4, 0.5) is 5.69 Å². The smallest absolute Gasteiger partial charge is 0.227 e. The highest BCUT2D eigenvalue weighted by Gasteiger charge is 2.10. The summed E-state index contributed by atoms with van der Waals surface area (Å²) in [5.41, 5.74) is 2.38. The van der Waals surface area contributed by atoms with E-state index in [0.717, 1.165) is 11.1 Å². The predicted octanol–water partition coefficient (Wildman–Crippen LogP) is 3.90. The molecule has 2 heterocycles. The topological polar surface area (TPSA) is 73.3 Å². The molecule has 0 unspecified atom stereocenters. The summed E-state index contributed by atoms with van der Waals surface area (Å²) in [6.07, 6.45) is 5.09. The van der Waals surface area contributed by atoms with Crippen LogP contribution >= 0.6 is 0 Å². The average Bonchev–Trinajstić information content (AvgIpc) is 2.62. The van der Waals surface area contributed by atoms with E-state index >= 15 is 0 Å².